The Bertz CT molecular complexity index is 1080. The average molecular weight is 538 g/mol. The van der Waals surface area contributed by atoms with E-state index in [1.54, 1.807) is 0 Å². The number of hydrogen-bond donors (Lipinski definition) is 6. The zero-order valence-electron chi connectivity index (χ0n) is 14.3. The van der Waals surface area contributed by atoms with Crippen molar-refractivity contribution in [2.75, 3.05) is 0 Å². The topological polar surface area (TPSA) is 227 Å². The van der Waals surface area contributed by atoms with E-state index in [-0.39, 0.29) is 4.64 Å². The number of hydrogen-bond acceptors (Lipinski definition) is 10. The zero-order chi connectivity index (χ0) is 24.0. The quantitative estimate of drug-likeness (QED) is 0.207. The van der Waals surface area contributed by atoms with Gasteiger partial charge >= 0.3 is 35.3 Å². The van der Waals surface area contributed by atoms with Gasteiger partial charge in [0.1, 0.15) is 16.7 Å². The van der Waals surface area contributed by atoms with Crippen LogP contribution >= 0.6 is 35.7 Å². The third-order valence-electron chi connectivity index (χ3n) is 3.38. The highest BCUT2D eigenvalue weighted by atomic mass is 32.1. The molecule has 2 rings (SSSR count). The maximum Gasteiger partial charge on any atom is 0.490 e. The summed E-state index contributed by atoms with van der Waals surface area (Å²) in [5.74, 6) is -2.91. The molecule has 3 unspecified atom stereocenters. The fourth-order valence-electron chi connectivity index (χ4n) is 2.38. The van der Waals surface area contributed by atoms with Gasteiger partial charge in [-0.25, -0.2) is 18.5 Å². The van der Waals surface area contributed by atoms with E-state index in [1.807, 2.05) is 4.98 Å². The summed E-state index contributed by atoms with van der Waals surface area (Å²) in [4.78, 5) is 49.3. The molecule has 1 saturated heterocycles. The van der Waals surface area contributed by atoms with Gasteiger partial charge in [-0.3, -0.25) is 14.1 Å². The first-order chi connectivity index (χ1) is 13.8. The number of phosphoric acid groups is 3. The first kappa shape index (κ1) is 26.5. The van der Waals surface area contributed by atoms with Crippen molar-refractivity contribution in [3.63, 3.8) is 0 Å². The van der Waals surface area contributed by atoms with E-state index in [0.29, 0.717) is 4.57 Å². The predicted octanol–water partition coefficient (Wildman–Crippen LogP) is 0.643. The minimum atomic E-state index is -5.98. The van der Waals surface area contributed by atoms with Gasteiger partial charge in [-0.15, -0.1) is 0 Å². The van der Waals surface area contributed by atoms with E-state index in [2.05, 4.69) is 25.4 Å². The molecule has 1 aliphatic heterocycles. The number of nitrogens with zero attached hydrogens (tertiary/aromatic N) is 1. The maximum absolute atomic E-state index is 13.4. The second kappa shape index (κ2) is 8.87. The zero-order valence-corrected chi connectivity index (χ0v) is 17.8. The molecule has 1 aromatic heterocycles. The molecule has 15 nitrogen and oxygen atoms in total. The molecule has 0 aliphatic carbocycles. The van der Waals surface area contributed by atoms with Crippen LogP contribution in [0.15, 0.2) is 17.1 Å². The van der Waals surface area contributed by atoms with Crippen LogP contribution in [-0.4, -0.2) is 52.8 Å². The van der Waals surface area contributed by atoms with Crippen LogP contribution in [0.4, 0.5) is 13.2 Å². The Kier molecular flexibility index (Phi) is 7.57. The van der Waals surface area contributed by atoms with Gasteiger partial charge in [-0.05, 0) is 6.07 Å². The third-order valence-corrected chi connectivity index (χ3v) is 7.42. The summed E-state index contributed by atoms with van der Waals surface area (Å²) in [6.45, 7) is 0. The van der Waals surface area contributed by atoms with E-state index in [9.17, 15) is 41.7 Å². The van der Waals surface area contributed by atoms with Crippen molar-refractivity contribution in [1.29, 1.82) is 0 Å². The van der Waals surface area contributed by atoms with Gasteiger partial charge in [0.2, 0.25) is 0 Å². The third kappa shape index (κ3) is 7.10. The SMILES string of the molecule is O=c1[nH]c(=S)ccn1[C@@H]1O[C@H](OP(=O)(O)OP(=O)(O)OP(=O)(O)O)[C@H](O)C1C(F)(F)F. The van der Waals surface area contributed by atoms with Crippen LogP contribution in [0.1, 0.15) is 6.23 Å². The van der Waals surface area contributed by atoms with Gasteiger partial charge in [0.05, 0.1) is 0 Å². The van der Waals surface area contributed by atoms with Crippen LogP contribution in [0.25, 0.3) is 0 Å². The minimum Gasteiger partial charge on any atom is -0.387 e. The highest BCUT2D eigenvalue weighted by molar-refractivity contribution is 7.71. The lowest BCUT2D eigenvalue weighted by atomic mass is 10.0. The van der Waals surface area contributed by atoms with Crippen molar-refractivity contribution in [2.45, 2.75) is 24.8 Å². The number of H-pyrrole nitrogens is 1. The second-order valence-electron chi connectivity index (χ2n) is 5.67. The highest BCUT2D eigenvalue weighted by Gasteiger charge is 2.60. The Labute approximate surface area is 173 Å². The molecule has 6 N–H and O–H groups in total. The van der Waals surface area contributed by atoms with E-state index in [4.69, 9.17) is 19.4 Å². The first-order valence-corrected chi connectivity index (χ1v) is 12.3. The largest absolute Gasteiger partial charge is 0.490 e. The van der Waals surface area contributed by atoms with Gasteiger partial charge in [-0.2, -0.15) is 21.8 Å². The molecule has 22 heteroatoms. The Hall–Kier alpha value is -0.780. The molecule has 1 aromatic rings. The van der Waals surface area contributed by atoms with Crippen LogP contribution in [0.2, 0.25) is 0 Å². The van der Waals surface area contributed by atoms with Crippen molar-refractivity contribution in [2.24, 2.45) is 5.92 Å². The summed E-state index contributed by atoms with van der Waals surface area (Å²) >= 11 is 4.63. The number of aromatic nitrogens is 2. The van der Waals surface area contributed by atoms with Gasteiger partial charge in [0.25, 0.3) is 0 Å². The van der Waals surface area contributed by atoms with Gasteiger partial charge in [-0.1, -0.05) is 12.2 Å². The minimum absolute atomic E-state index is 0.159. The van der Waals surface area contributed by atoms with Gasteiger partial charge in [0, 0.05) is 6.20 Å². The Morgan fingerprint density at radius 3 is 2.19 bits per heavy atom. The summed E-state index contributed by atoms with van der Waals surface area (Å²) in [7, 11) is -17.6. The van der Waals surface area contributed by atoms with Gasteiger partial charge in [0.15, 0.2) is 12.5 Å². The van der Waals surface area contributed by atoms with Crippen LogP contribution < -0.4 is 5.69 Å². The molecule has 178 valence electrons. The van der Waals surface area contributed by atoms with E-state index in [1.165, 1.54) is 0 Å². The number of aromatic amines is 1. The summed E-state index contributed by atoms with van der Waals surface area (Å²) < 4.78 is 89.7. The lowest BCUT2D eigenvalue weighted by Crippen LogP contribution is -2.40. The molecular weight excluding hydrogens is 526 g/mol. The van der Waals surface area contributed by atoms with E-state index in [0.717, 1.165) is 12.3 Å². The predicted molar refractivity (Wildman–Crippen MR) is 90.3 cm³/mol. The van der Waals surface area contributed by atoms with Crippen molar-refractivity contribution in [3.8, 4) is 0 Å². The maximum atomic E-state index is 13.4. The van der Waals surface area contributed by atoms with E-state index < -0.39 is 59.9 Å². The molecule has 31 heavy (non-hydrogen) atoms. The number of aliphatic hydroxyl groups is 1. The van der Waals surface area contributed by atoms with Crippen LogP contribution in [0.3, 0.4) is 0 Å². The summed E-state index contributed by atoms with van der Waals surface area (Å²) in [6, 6.07) is 0.996. The van der Waals surface area contributed by atoms with Crippen LogP contribution in [0.5, 0.6) is 0 Å². The lowest BCUT2D eigenvalue weighted by Gasteiger charge is -2.23. The van der Waals surface area contributed by atoms with Gasteiger partial charge < -0.3 is 29.4 Å². The fourth-order valence-corrected chi connectivity index (χ4v) is 5.62. The smallest absolute Gasteiger partial charge is 0.387 e. The second-order valence-corrected chi connectivity index (χ2v) is 10.5. The summed E-state index contributed by atoms with van der Waals surface area (Å²) in [5, 5.41) is 9.92. The lowest BCUT2D eigenvalue weighted by molar-refractivity contribution is -0.211. The molecule has 1 aliphatic rings. The standard InChI is InChI=1S/C9H12F3N2O13P3S/c10-9(11,12)4-5(15)7(24-6(4)14-2-1-3(31)13-8(14)16)25-29(20,21)27-30(22,23)26-28(17,18)19/h1-2,4-7,15H,(H,20,21)(H,22,23)(H,13,16,31)(H2,17,18,19)/t4?,5-,6-,7-/m1/s1. The number of rotatable bonds is 7. The Morgan fingerprint density at radius 2 is 1.71 bits per heavy atom. The molecule has 2 heterocycles. The number of ether oxygens (including phenoxy) is 1. The monoisotopic (exact) mass is 538 g/mol. The summed E-state index contributed by atoms with van der Waals surface area (Å²) in [5.41, 5.74) is -1.21. The Balaban J connectivity index is 2.32. The molecule has 0 radical (unpaired) electrons. The number of halogens is 3. The average Bonchev–Trinajstić information content (AvgIpc) is 2.78. The summed E-state index contributed by atoms with van der Waals surface area (Å²) in [6.07, 6.45) is -12.3. The molecule has 0 bridgehead atoms. The molecule has 0 aromatic carbocycles. The molecule has 0 spiro atoms. The molecular formula is C9H12F3N2O13P3S. The molecule has 0 saturated carbocycles. The number of aliphatic hydroxyl groups excluding tert-OH is 1. The van der Waals surface area contributed by atoms with Crippen molar-refractivity contribution >= 4 is 35.7 Å². The fraction of sp³-hybridized carbons (Fsp3) is 0.556. The normalized spacial score (nSPS) is 28.8. The van der Waals surface area contributed by atoms with E-state index >= 15 is 0 Å². The molecule has 6 atom stereocenters. The highest BCUT2D eigenvalue weighted by Crippen LogP contribution is 2.67. The first-order valence-electron chi connectivity index (χ1n) is 7.35. The van der Waals surface area contributed by atoms with Crippen LogP contribution in [0, 0.1) is 10.6 Å². The molecule has 0 amide bonds. The van der Waals surface area contributed by atoms with Crippen molar-refractivity contribution in [3.05, 3.63) is 27.4 Å². The van der Waals surface area contributed by atoms with Crippen molar-refractivity contribution < 1.29 is 69.4 Å². The van der Waals surface area contributed by atoms with Crippen LogP contribution in [-0.2, 0) is 31.6 Å². The molecule has 1 fully saturated rings. The Morgan fingerprint density at radius 1 is 1.13 bits per heavy atom. The number of phosphoric ester groups is 1. The number of alkyl halides is 3. The number of nitrogens with one attached hydrogen (secondary N) is 1. The van der Waals surface area contributed by atoms with Crippen molar-refractivity contribution in [1.82, 2.24) is 9.55 Å².